The summed E-state index contributed by atoms with van der Waals surface area (Å²) in [7, 11) is 0. The standard InChI is InChI=1S/C29H42N6O10S/c36-22(15-30-25(37)13-21(14-26(38)39)23-3-1-2-4-24(23)31-20-46)16-32-5-7-33(17-27(40)41)9-11-35(19-29(44)45)12-10-34(8-6-32)18-28(42)43/h1-4,21-22,36H,5-19H2,(H,30,37)(H,38,39)(H,40,41)(H,42,43)(H,44,45). The normalized spacial score (nSPS) is 17.4. The number of nitrogens with one attached hydrogen (secondary N) is 1. The van der Waals surface area contributed by atoms with Crippen LogP contribution in [-0.4, -0.2) is 171 Å². The van der Waals surface area contributed by atoms with Crippen LogP contribution in [-0.2, 0) is 24.0 Å². The smallest absolute Gasteiger partial charge is 0.317 e. The van der Waals surface area contributed by atoms with Crippen molar-refractivity contribution in [2.24, 2.45) is 4.99 Å². The zero-order valence-corrected chi connectivity index (χ0v) is 26.3. The molecular formula is C29H42N6O10S. The first-order valence-electron chi connectivity index (χ1n) is 14.7. The van der Waals surface area contributed by atoms with Crippen molar-refractivity contribution in [1.82, 2.24) is 24.9 Å². The van der Waals surface area contributed by atoms with E-state index in [2.05, 4.69) is 27.7 Å². The van der Waals surface area contributed by atoms with Gasteiger partial charge in [-0.05, 0) is 23.8 Å². The van der Waals surface area contributed by atoms with Crippen LogP contribution in [0, 0.1) is 0 Å². The summed E-state index contributed by atoms with van der Waals surface area (Å²) in [6.07, 6.45) is -1.56. The predicted molar refractivity (Wildman–Crippen MR) is 168 cm³/mol. The molecule has 1 aromatic rings. The summed E-state index contributed by atoms with van der Waals surface area (Å²) in [5.74, 6) is -5.42. The van der Waals surface area contributed by atoms with E-state index in [0.29, 0.717) is 24.3 Å². The van der Waals surface area contributed by atoms with Gasteiger partial charge in [0.25, 0.3) is 0 Å². The van der Waals surface area contributed by atoms with Gasteiger partial charge in [0.15, 0.2) is 0 Å². The topological polar surface area (TPSA) is 224 Å². The number of para-hydroxylation sites is 1. The van der Waals surface area contributed by atoms with Crippen molar-refractivity contribution in [2.45, 2.75) is 24.9 Å². The minimum absolute atomic E-state index is 0.0814. The third-order valence-electron chi connectivity index (χ3n) is 7.41. The maximum atomic E-state index is 12.9. The van der Waals surface area contributed by atoms with Gasteiger partial charge in [-0.1, -0.05) is 18.2 Å². The third-order valence-corrected chi connectivity index (χ3v) is 7.50. The van der Waals surface area contributed by atoms with Crippen molar-refractivity contribution in [3.05, 3.63) is 29.8 Å². The Bertz CT molecular complexity index is 1210. The van der Waals surface area contributed by atoms with E-state index in [1.165, 1.54) is 0 Å². The molecule has 1 aliphatic rings. The van der Waals surface area contributed by atoms with E-state index in [9.17, 15) is 49.5 Å². The van der Waals surface area contributed by atoms with Gasteiger partial charge in [-0.3, -0.25) is 43.6 Å². The third kappa shape index (κ3) is 15.4. The fourth-order valence-corrected chi connectivity index (χ4v) is 5.28. The van der Waals surface area contributed by atoms with Crippen LogP contribution in [0.2, 0.25) is 0 Å². The fourth-order valence-electron chi connectivity index (χ4n) is 5.19. The highest BCUT2D eigenvalue weighted by atomic mass is 32.1. The van der Waals surface area contributed by atoms with Crippen molar-refractivity contribution >= 4 is 52.9 Å². The summed E-state index contributed by atoms with van der Waals surface area (Å²) in [6, 6.07) is 6.72. The number of carbonyl (C=O) groups excluding carboxylic acids is 1. The number of hydrogen-bond donors (Lipinski definition) is 6. The lowest BCUT2D eigenvalue weighted by Gasteiger charge is -2.33. The molecule has 16 nitrogen and oxygen atoms in total. The van der Waals surface area contributed by atoms with Crippen molar-refractivity contribution in [1.29, 1.82) is 0 Å². The minimum atomic E-state index is -1.10. The zero-order chi connectivity index (χ0) is 34.1. The van der Waals surface area contributed by atoms with Crippen molar-refractivity contribution in [2.75, 3.05) is 85.1 Å². The molecule has 0 bridgehead atoms. The van der Waals surface area contributed by atoms with Crippen LogP contribution in [0.1, 0.15) is 24.3 Å². The quantitative estimate of drug-likeness (QED) is 0.0950. The molecule has 0 radical (unpaired) electrons. The number of carbonyl (C=O) groups is 5. The van der Waals surface area contributed by atoms with Gasteiger partial charge in [0, 0.05) is 77.8 Å². The molecule has 2 rings (SSSR count). The number of nitrogens with zero attached hydrogens (tertiary/aromatic N) is 5. The molecular weight excluding hydrogens is 624 g/mol. The molecule has 6 N–H and O–H groups in total. The Morgan fingerprint density at radius 3 is 1.63 bits per heavy atom. The lowest BCUT2D eigenvalue weighted by molar-refractivity contribution is -0.140. The van der Waals surface area contributed by atoms with Gasteiger partial charge in [-0.25, -0.2) is 0 Å². The van der Waals surface area contributed by atoms with E-state index < -0.39 is 41.8 Å². The first kappa shape index (κ1) is 38.4. The number of aliphatic hydroxyl groups excluding tert-OH is 1. The Kier molecular flexibility index (Phi) is 16.9. The summed E-state index contributed by atoms with van der Waals surface area (Å²) in [6.45, 7) is 1.39. The van der Waals surface area contributed by atoms with E-state index in [1.807, 2.05) is 4.90 Å². The van der Waals surface area contributed by atoms with E-state index >= 15 is 0 Å². The van der Waals surface area contributed by atoms with Crippen molar-refractivity contribution < 1.29 is 49.5 Å². The van der Waals surface area contributed by atoms with E-state index in [4.69, 9.17) is 0 Å². The fraction of sp³-hybridized carbons (Fsp3) is 0.586. The van der Waals surface area contributed by atoms with E-state index in [-0.39, 0.29) is 84.8 Å². The number of rotatable bonds is 16. The molecule has 1 aromatic carbocycles. The molecule has 1 fully saturated rings. The van der Waals surface area contributed by atoms with Gasteiger partial charge >= 0.3 is 23.9 Å². The molecule has 1 saturated heterocycles. The number of hydrogen-bond acceptors (Lipinski definition) is 12. The molecule has 17 heteroatoms. The largest absolute Gasteiger partial charge is 0.481 e. The Labute approximate surface area is 271 Å². The summed E-state index contributed by atoms with van der Waals surface area (Å²) >= 11 is 4.68. The van der Waals surface area contributed by atoms with Crippen LogP contribution in [0.4, 0.5) is 5.69 Å². The average Bonchev–Trinajstić information content (AvgIpc) is 2.96. The predicted octanol–water partition coefficient (Wildman–Crippen LogP) is -0.678. The van der Waals surface area contributed by atoms with Crippen molar-refractivity contribution in [3.63, 3.8) is 0 Å². The van der Waals surface area contributed by atoms with Gasteiger partial charge in [0.2, 0.25) is 5.91 Å². The van der Waals surface area contributed by atoms with Crippen LogP contribution < -0.4 is 5.32 Å². The van der Waals surface area contributed by atoms with Gasteiger partial charge in [0.1, 0.15) is 0 Å². The summed E-state index contributed by atoms with van der Waals surface area (Å²) in [4.78, 5) is 69.5. The van der Waals surface area contributed by atoms with Crippen LogP contribution >= 0.6 is 12.2 Å². The number of amides is 1. The lowest BCUT2D eigenvalue weighted by Crippen LogP contribution is -2.50. The van der Waals surface area contributed by atoms with E-state index in [0.717, 1.165) is 0 Å². The summed E-state index contributed by atoms with van der Waals surface area (Å²) in [5, 5.41) is 53.2. The van der Waals surface area contributed by atoms with Crippen molar-refractivity contribution in [3.8, 4) is 0 Å². The second-order valence-electron chi connectivity index (χ2n) is 11.0. The maximum Gasteiger partial charge on any atom is 0.317 e. The highest BCUT2D eigenvalue weighted by Crippen LogP contribution is 2.31. The first-order valence-corrected chi connectivity index (χ1v) is 15.1. The maximum absolute atomic E-state index is 12.9. The molecule has 0 saturated carbocycles. The number of carboxylic acids is 4. The molecule has 2 atom stereocenters. The van der Waals surface area contributed by atoms with Crippen LogP contribution in [0.25, 0.3) is 0 Å². The van der Waals surface area contributed by atoms with Gasteiger partial charge < -0.3 is 30.8 Å². The highest BCUT2D eigenvalue weighted by Gasteiger charge is 2.24. The molecule has 1 heterocycles. The number of isothiocyanates is 1. The first-order chi connectivity index (χ1) is 21.9. The van der Waals surface area contributed by atoms with E-state index in [1.54, 1.807) is 39.0 Å². The second kappa shape index (κ2) is 20.3. The van der Waals surface area contributed by atoms with Crippen LogP contribution in [0.15, 0.2) is 29.3 Å². The average molecular weight is 667 g/mol. The lowest BCUT2D eigenvalue weighted by atomic mass is 9.91. The molecule has 1 amide bonds. The van der Waals surface area contributed by atoms with Crippen LogP contribution in [0.3, 0.4) is 0 Å². The molecule has 2 unspecified atom stereocenters. The summed E-state index contributed by atoms with van der Waals surface area (Å²) < 4.78 is 0. The minimum Gasteiger partial charge on any atom is -0.481 e. The molecule has 0 aromatic heterocycles. The second-order valence-corrected chi connectivity index (χ2v) is 11.2. The Balaban J connectivity index is 2.09. The Morgan fingerprint density at radius 1 is 0.739 bits per heavy atom. The Morgan fingerprint density at radius 2 is 1.20 bits per heavy atom. The number of thiocarbonyl (C=S) groups is 1. The molecule has 1 aliphatic heterocycles. The number of β-amino-alcohol motifs (C(OH)–C–C–N with tert-alkyl or cyclic N) is 1. The number of aliphatic hydroxyl groups is 1. The Hall–Kier alpha value is -3.83. The monoisotopic (exact) mass is 666 g/mol. The summed E-state index contributed by atoms with van der Waals surface area (Å²) in [5.41, 5.74) is 0.940. The number of benzene rings is 1. The van der Waals surface area contributed by atoms with Gasteiger partial charge in [0.05, 0.1) is 43.0 Å². The van der Waals surface area contributed by atoms with Crippen LogP contribution in [0.5, 0.6) is 0 Å². The zero-order valence-electron chi connectivity index (χ0n) is 25.5. The number of carboxylic acid groups (broad SMARTS) is 4. The molecule has 0 spiro atoms. The van der Waals surface area contributed by atoms with Gasteiger partial charge in [-0.2, -0.15) is 4.99 Å². The number of aliphatic imine (C=N–C) groups is 1. The highest BCUT2D eigenvalue weighted by molar-refractivity contribution is 7.78. The van der Waals surface area contributed by atoms with Gasteiger partial charge in [-0.15, -0.1) is 0 Å². The SMILES string of the molecule is O=C(O)CC(CC(=O)NCC(O)CN1CCN(CC(=O)O)CCN(CC(=O)O)CCN(CC(=O)O)CC1)c1ccccc1N=C=S. The molecule has 46 heavy (non-hydrogen) atoms. The number of aliphatic carboxylic acids is 4. The molecule has 0 aliphatic carbocycles. The molecule has 254 valence electrons.